The molecule has 4 rings (SSSR count). The monoisotopic (exact) mass is 464 g/mol. The number of nitrogens with one attached hydrogen (secondary N) is 1. The number of hydrogen-bond acceptors (Lipinski definition) is 4. The molecule has 1 heterocycles. The summed E-state index contributed by atoms with van der Waals surface area (Å²) in [5.74, 6) is -0.879. The first kappa shape index (κ1) is 22.4. The summed E-state index contributed by atoms with van der Waals surface area (Å²) in [7, 11) is -4.11. The highest BCUT2D eigenvalue weighted by molar-refractivity contribution is 7.91. The van der Waals surface area contributed by atoms with Crippen molar-refractivity contribution in [2.45, 2.75) is 29.7 Å². The number of hydrogen-bond donors (Lipinski definition) is 1. The first-order valence-electron chi connectivity index (χ1n) is 10.3. The van der Waals surface area contributed by atoms with E-state index in [1.54, 1.807) is 30.3 Å². The second-order valence-corrected chi connectivity index (χ2v) is 9.45. The van der Waals surface area contributed by atoms with Gasteiger partial charge in [-0.15, -0.1) is 0 Å². The molecule has 0 aliphatic rings. The van der Waals surface area contributed by atoms with E-state index in [4.69, 9.17) is 0 Å². The van der Waals surface area contributed by atoms with Gasteiger partial charge in [0.1, 0.15) is 17.3 Å². The maximum Gasteiger partial charge on any atom is 0.244 e. The lowest BCUT2D eigenvalue weighted by atomic mass is 10.1. The summed E-state index contributed by atoms with van der Waals surface area (Å²) in [6.45, 7) is 1.69. The summed E-state index contributed by atoms with van der Waals surface area (Å²) in [4.78, 5) is 25.5. The van der Waals surface area contributed by atoms with Gasteiger partial charge in [-0.25, -0.2) is 12.8 Å². The number of nitrogens with zero attached hydrogens (tertiary/aromatic N) is 1. The van der Waals surface area contributed by atoms with Gasteiger partial charge in [0, 0.05) is 17.3 Å². The zero-order chi connectivity index (χ0) is 23.6. The molecule has 0 bridgehead atoms. The van der Waals surface area contributed by atoms with Crippen LogP contribution < -0.4 is 10.7 Å². The molecule has 1 N–H and O–H groups in total. The van der Waals surface area contributed by atoms with Crippen LogP contribution in [0.15, 0.2) is 93.6 Å². The quantitative estimate of drug-likeness (QED) is 0.464. The van der Waals surface area contributed by atoms with Gasteiger partial charge >= 0.3 is 0 Å². The summed E-state index contributed by atoms with van der Waals surface area (Å²) in [6, 6.07) is 18.2. The average Bonchev–Trinajstić information content (AvgIpc) is 2.82. The molecule has 0 aliphatic carbocycles. The second-order valence-electron chi connectivity index (χ2n) is 7.53. The van der Waals surface area contributed by atoms with Gasteiger partial charge in [0.05, 0.1) is 10.4 Å². The molecule has 1 amide bonds. The zero-order valence-corrected chi connectivity index (χ0v) is 18.6. The number of aromatic nitrogens is 1. The summed E-state index contributed by atoms with van der Waals surface area (Å²) >= 11 is 0. The first-order chi connectivity index (χ1) is 15.8. The van der Waals surface area contributed by atoms with Crippen molar-refractivity contribution in [3.8, 4) is 0 Å². The second kappa shape index (κ2) is 8.99. The van der Waals surface area contributed by atoms with Gasteiger partial charge in [-0.1, -0.05) is 31.2 Å². The van der Waals surface area contributed by atoms with Gasteiger partial charge in [-0.05, 0) is 60.5 Å². The number of fused-ring (bicyclic) bond motifs is 1. The number of halogens is 1. The topological polar surface area (TPSA) is 85.2 Å². The Bertz CT molecular complexity index is 1500. The van der Waals surface area contributed by atoms with Crippen LogP contribution in [0, 0.1) is 5.82 Å². The molecule has 33 heavy (non-hydrogen) atoms. The molecule has 8 heteroatoms. The minimum Gasteiger partial charge on any atom is -0.336 e. The van der Waals surface area contributed by atoms with Crippen molar-refractivity contribution in [2.24, 2.45) is 0 Å². The van der Waals surface area contributed by atoms with Crippen LogP contribution in [0.25, 0.3) is 10.9 Å². The number of sulfone groups is 1. The van der Waals surface area contributed by atoms with Crippen LogP contribution in [0.5, 0.6) is 0 Å². The first-order valence-corrected chi connectivity index (χ1v) is 11.8. The Hall–Kier alpha value is -3.78. The van der Waals surface area contributed by atoms with E-state index in [0.29, 0.717) is 17.6 Å². The Morgan fingerprint density at radius 3 is 2.36 bits per heavy atom. The van der Waals surface area contributed by atoms with Crippen LogP contribution in [-0.2, 0) is 27.6 Å². The van der Waals surface area contributed by atoms with Crippen LogP contribution in [0.2, 0.25) is 0 Å². The normalized spacial score (nSPS) is 11.5. The molecular formula is C25H21FN2O4S. The lowest BCUT2D eigenvalue weighted by Gasteiger charge is -2.15. The van der Waals surface area contributed by atoms with Gasteiger partial charge in [0.2, 0.25) is 21.2 Å². The highest BCUT2D eigenvalue weighted by atomic mass is 32.2. The van der Waals surface area contributed by atoms with E-state index in [1.807, 2.05) is 13.0 Å². The number of anilines is 1. The number of benzene rings is 3. The Morgan fingerprint density at radius 1 is 1.00 bits per heavy atom. The molecule has 0 spiro atoms. The predicted molar refractivity (Wildman–Crippen MR) is 125 cm³/mol. The number of carbonyl (C=O) groups excluding carboxylic acids is 1. The van der Waals surface area contributed by atoms with E-state index < -0.39 is 31.9 Å². The standard InChI is InChI=1S/C25H21FN2O4S/c1-2-17-8-13-22-21(14-17)25(30)23(33(31,32)20-6-4-3-5-7-20)15-28(22)16-24(29)27-19-11-9-18(26)10-12-19/h3-15H,2,16H2,1H3,(H,27,29). The highest BCUT2D eigenvalue weighted by Gasteiger charge is 2.24. The third-order valence-corrected chi connectivity index (χ3v) is 7.07. The minimum absolute atomic E-state index is 0.00425. The molecular weight excluding hydrogens is 443 g/mol. The van der Waals surface area contributed by atoms with Crippen molar-refractivity contribution < 1.29 is 17.6 Å². The third-order valence-electron chi connectivity index (χ3n) is 5.31. The van der Waals surface area contributed by atoms with Crippen LogP contribution in [-0.4, -0.2) is 18.9 Å². The van der Waals surface area contributed by atoms with Crippen LogP contribution >= 0.6 is 0 Å². The summed E-state index contributed by atoms with van der Waals surface area (Å²) in [5.41, 5.74) is 1.10. The van der Waals surface area contributed by atoms with Crippen molar-refractivity contribution in [1.29, 1.82) is 0 Å². The number of aryl methyl sites for hydroxylation is 1. The largest absolute Gasteiger partial charge is 0.336 e. The maximum atomic E-state index is 13.3. The molecule has 0 atom stereocenters. The molecule has 3 aromatic carbocycles. The number of pyridine rings is 1. The summed E-state index contributed by atoms with van der Waals surface area (Å²) in [5, 5.41) is 2.88. The zero-order valence-electron chi connectivity index (χ0n) is 17.8. The molecule has 0 aliphatic heterocycles. The molecule has 1 aromatic heterocycles. The number of amides is 1. The van der Waals surface area contributed by atoms with E-state index in [0.717, 1.165) is 5.56 Å². The third kappa shape index (κ3) is 4.56. The van der Waals surface area contributed by atoms with Crippen LogP contribution in [0.3, 0.4) is 0 Å². The molecule has 4 aromatic rings. The van der Waals surface area contributed by atoms with E-state index in [1.165, 1.54) is 47.2 Å². The number of carbonyl (C=O) groups is 1. The van der Waals surface area contributed by atoms with Gasteiger partial charge in [-0.2, -0.15) is 0 Å². The Labute approximate surface area is 190 Å². The average molecular weight is 465 g/mol. The predicted octanol–water partition coefficient (Wildman–Crippen LogP) is 4.17. The molecule has 0 radical (unpaired) electrons. The fourth-order valence-corrected chi connectivity index (χ4v) is 4.96. The fourth-order valence-electron chi connectivity index (χ4n) is 3.58. The fraction of sp³-hybridized carbons (Fsp3) is 0.120. The number of rotatable bonds is 6. The molecule has 0 fully saturated rings. The van der Waals surface area contributed by atoms with Gasteiger partial charge in [0.25, 0.3) is 0 Å². The van der Waals surface area contributed by atoms with Crippen molar-refractivity contribution >= 4 is 32.3 Å². The summed E-state index contributed by atoms with van der Waals surface area (Å²) in [6.07, 6.45) is 1.87. The minimum atomic E-state index is -4.11. The maximum absolute atomic E-state index is 13.3. The Balaban J connectivity index is 1.83. The van der Waals surface area contributed by atoms with E-state index in [-0.39, 0.29) is 16.8 Å². The van der Waals surface area contributed by atoms with Crippen molar-refractivity contribution in [1.82, 2.24) is 4.57 Å². The van der Waals surface area contributed by atoms with E-state index in [9.17, 15) is 22.4 Å². The van der Waals surface area contributed by atoms with Gasteiger partial charge in [-0.3, -0.25) is 9.59 Å². The van der Waals surface area contributed by atoms with E-state index >= 15 is 0 Å². The van der Waals surface area contributed by atoms with Gasteiger partial charge in [0.15, 0.2) is 0 Å². The molecule has 0 saturated carbocycles. The van der Waals surface area contributed by atoms with E-state index in [2.05, 4.69) is 5.32 Å². The summed E-state index contributed by atoms with van der Waals surface area (Å²) < 4.78 is 41.1. The lowest BCUT2D eigenvalue weighted by molar-refractivity contribution is -0.116. The Morgan fingerprint density at radius 2 is 1.70 bits per heavy atom. The van der Waals surface area contributed by atoms with Crippen molar-refractivity contribution in [3.63, 3.8) is 0 Å². The lowest BCUT2D eigenvalue weighted by Crippen LogP contribution is -2.24. The van der Waals surface area contributed by atoms with Crippen molar-refractivity contribution in [2.75, 3.05) is 5.32 Å². The van der Waals surface area contributed by atoms with Crippen LogP contribution in [0.4, 0.5) is 10.1 Å². The van der Waals surface area contributed by atoms with Crippen molar-refractivity contribution in [3.05, 3.63) is 101 Å². The molecule has 6 nitrogen and oxygen atoms in total. The highest BCUT2D eigenvalue weighted by Crippen LogP contribution is 2.22. The smallest absolute Gasteiger partial charge is 0.244 e. The Kier molecular flexibility index (Phi) is 6.11. The van der Waals surface area contributed by atoms with Crippen LogP contribution in [0.1, 0.15) is 12.5 Å². The SMILES string of the molecule is CCc1ccc2c(c1)c(=O)c(S(=O)(=O)c1ccccc1)cn2CC(=O)Nc1ccc(F)cc1. The molecule has 0 saturated heterocycles. The van der Waals surface area contributed by atoms with Gasteiger partial charge < -0.3 is 9.88 Å². The molecule has 168 valence electrons. The molecule has 0 unspecified atom stereocenters.